The number of hydrogen-bond acceptors (Lipinski definition) is 3. The fourth-order valence-electron chi connectivity index (χ4n) is 1.22. The van der Waals surface area contributed by atoms with Crippen LogP contribution in [0.1, 0.15) is 26.3 Å². The maximum Gasteiger partial charge on any atom is 0.175 e. The molecule has 0 amide bonds. The number of nitrogens with two attached hydrogens (primary N) is 1. The number of ether oxygens (including phenoxy) is 1. The van der Waals surface area contributed by atoms with Crippen molar-refractivity contribution in [1.29, 1.82) is 0 Å². The molecule has 0 saturated heterocycles. The largest absolute Gasteiger partial charge is 0.487 e. The average Bonchev–Trinajstić information content (AvgIpc) is 2.14. The summed E-state index contributed by atoms with van der Waals surface area (Å²) in [5.41, 5.74) is 5.82. The van der Waals surface area contributed by atoms with E-state index in [0.717, 1.165) is 4.47 Å². The van der Waals surface area contributed by atoms with Crippen molar-refractivity contribution in [1.82, 2.24) is 0 Å². The zero-order valence-corrected chi connectivity index (χ0v) is 11.1. The van der Waals surface area contributed by atoms with Crippen molar-refractivity contribution in [3.8, 4) is 5.75 Å². The van der Waals surface area contributed by atoms with Crippen molar-refractivity contribution in [3.05, 3.63) is 28.2 Å². The van der Waals surface area contributed by atoms with Crippen LogP contribution in [-0.2, 0) is 0 Å². The molecule has 4 nitrogen and oxygen atoms in total. The second kappa shape index (κ2) is 4.74. The SMILES string of the molecule is CC(C)(C)Oc1cccc(Br)c1/C(N)=N/O. The van der Waals surface area contributed by atoms with Gasteiger partial charge < -0.3 is 15.7 Å². The van der Waals surface area contributed by atoms with E-state index in [9.17, 15) is 0 Å². The minimum absolute atomic E-state index is 0.0201. The number of amidine groups is 1. The third kappa shape index (κ3) is 3.13. The quantitative estimate of drug-likeness (QED) is 0.380. The van der Waals surface area contributed by atoms with Crippen LogP contribution in [0.4, 0.5) is 0 Å². The zero-order valence-electron chi connectivity index (χ0n) is 9.49. The highest BCUT2D eigenvalue weighted by Gasteiger charge is 2.18. The topological polar surface area (TPSA) is 67.8 Å². The van der Waals surface area contributed by atoms with Crippen LogP contribution >= 0.6 is 15.9 Å². The molecule has 0 heterocycles. The lowest BCUT2D eigenvalue weighted by atomic mass is 10.1. The molecular weight excluding hydrogens is 272 g/mol. The Morgan fingerprint density at radius 3 is 2.56 bits per heavy atom. The molecule has 0 bridgehead atoms. The van der Waals surface area contributed by atoms with Crippen LogP contribution in [0.25, 0.3) is 0 Å². The van der Waals surface area contributed by atoms with Crippen LogP contribution in [0.5, 0.6) is 5.75 Å². The minimum Gasteiger partial charge on any atom is -0.487 e. The fourth-order valence-corrected chi connectivity index (χ4v) is 1.77. The molecule has 0 spiro atoms. The molecule has 1 aromatic rings. The number of benzene rings is 1. The first-order valence-corrected chi connectivity index (χ1v) is 5.60. The van der Waals surface area contributed by atoms with E-state index in [0.29, 0.717) is 11.3 Å². The van der Waals surface area contributed by atoms with Gasteiger partial charge in [-0.25, -0.2) is 0 Å². The third-order valence-corrected chi connectivity index (χ3v) is 2.42. The highest BCUT2D eigenvalue weighted by Crippen LogP contribution is 2.29. The molecule has 0 aliphatic carbocycles. The molecule has 1 aromatic carbocycles. The van der Waals surface area contributed by atoms with Crippen LogP contribution in [0, 0.1) is 0 Å². The lowest BCUT2D eigenvalue weighted by Crippen LogP contribution is -2.25. The Kier molecular flexibility index (Phi) is 3.80. The number of hydrogen-bond donors (Lipinski definition) is 2. The summed E-state index contributed by atoms with van der Waals surface area (Å²) in [5.74, 6) is 0.601. The van der Waals surface area contributed by atoms with E-state index >= 15 is 0 Å². The van der Waals surface area contributed by atoms with E-state index < -0.39 is 0 Å². The summed E-state index contributed by atoms with van der Waals surface area (Å²) < 4.78 is 6.46. The minimum atomic E-state index is -0.342. The first-order chi connectivity index (χ1) is 7.35. The molecule has 16 heavy (non-hydrogen) atoms. The van der Waals surface area contributed by atoms with Gasteiger partial charge >= 0.3 is 0 Å². The van der Waals surface area contributed by atoms with Crippen LogP contribution in [0.15, 0.2) is 27.8 Å². The summed E-state index contributed by atoms with van der Waals surface area (Å²) in [7, 11) is 0. The highest BCUT2D eigenvalue weighted by atomic mass is 79.9. The predicted molar refractivity (Wildman–Crippen MR) is 67.0 cm³/mol. The lowest BCUT2D eigenvalue weighted by molar-refractivity contribution is 0.130. The third-order valence-electron chi connectivity index (χ3n) is 1.76. The van der Waals surface area contributed by atoms with Crippen molar-refractivity contribution in [3.63, 3.8) is 0 Å². The number of halogens is 1. The number of oxime groups is 1. The molecule has 3 N–H and O–H groups in total. The Balaban J connectivity index is 3.24. The van der Waals surface area contributed by atoms with E-state index in [2.05, 4.69) is 21.1 Å². The van der Waals surface area contributed by atoms with Crippen LogP contribution in [0.2, 0.25) is 0 Å². The predicted octanol–water partition coefficient (Wildman–Crippen LogP) is 2.72. The second-order valence-electron chi connectivity index (χ2n) is 4.31. The van der Waals surface area contributed by atoms with Gasteiger partial charge in [-0.3, -0.25) is 0 Å². The van der Waals surface area contributed by atoms with Gasteiger partial charge in [-0.15, -0.1) is 0 Å². The summed E-state index contributed by atoms with van der Waals surface area (Å²) in [4.78, 5) is 0. The van der Waals surface area contributed by atoms with Gasteiger partial charge in [0.25, 0.3) is 0 Å². The van der Waals surface area contributed by atoms with E-state index in [1.165, 1.54) is 0 Å². The zero-order chi connectivity index (χ0) is 12.3. The molecule has 0 saturated carbocycles. The normalized spacial score (nSPS) is 12.6. The number of nitrogens with zero attached hydrogens (tertiary/aromatic N) is 1. The Morgan fingerprint density at radius 1 is 1.44 bits per heavy atom. The molecular formula is C11H15BrN2O2. The van der Waals surface area contributed by atoms with Gasteiger partial charge in [0.05, 0.1) is 5.56 Å². The molecule has 0 atom stereocenters. The van der Waals surface area contributed by atoms with Gasteiger partial charge in [0, 0.05) is 4.47 Å². The molecule has 88 valence electrons. The Hall–Kier alpha value is -1.23. The van der Waals surface area contributed by atoms with E-state index in [1.807, 2.05) is 32.9 Å². The van der Waals surface area contributed by atoms with Crippen molar-refractivity contribution < 1.29 is 9.94 Å². The standard InChI is InChI=1S/C11H15BrN2O2/c1-11(2,3)16-8-6-4-5-7(12)9(8)10(13)14-15/h4-6,15H,1-3H3,(H2,13,14). The van der Waals surface area contributed by atoms with Crippen molar-refractivity contribution >= 4 is 21.8 Å². The van der Waals surface area contributed by atoms with Gasteiger partial charge in [-0.2, -0.15) is 0 Å². The Labute approximate surface area is 103 Å². The summed E-state index contributed by atoms with van der Waals surface area (Å²) in [6.45, 7) is 5.80. The maximum atomic E-state index is 8.72. The van der Waals surface area contributed by atoms with Crippen molar-refractivity contribution in [2.24, 2.45) is 10.9 Å². The second-order valence-corrected chi connectivity index (χ2v) is 5.17. The molecule has 0 fully saturated rings. The Bertz CT molecular complexity index is 411. The van der Waals surface area contributed by atoms with Crippen molar-refractivity contribution in [2.45, 2.75) is 26.4 Å². The smallest absolute Gasteiger partial charge is 0.175 e. The Morgan fingerprint density at radius 2 is 2.06 bits per heavy atom. The summed E-state index contributed by atoms with van der Waals surface area (Å²) >= 11 is 3.34. The summed E-state index contributed by atoms with van der Waals surface area (Å²) in [6, 6.07) is 5.42. The van der Waals surface area contributed by atoms with Crippen LogP contribution < -0.4 is 10.5 Å². The molecule has 5 heteroatoms. The van der Waals surface area contributed by atoms with E-state index in [1.54, 1.807) is 6.07 Å². The fraction of sp³-hybridized carbons (Fsp3) is 0.364. The average molecular weight is 287 g/mol. The molecule has 0 radical (unpaired) electrons. The monoisotopic (exact) mass is 286 g/mol. The van der Waals surface area contributed by atoms with E-state index in [4.69, 9.17) is 15.7 Å². The van der Waals surface area contributed by atoms with Gasteiger partial charge in [-0.1, -0.05) is 11.2 Å². The molecule has 0 aliphatic rings. The van der Waals surface area contributed by atoms with Gasteiger partial charge in [0.15, 0.2) is 5.84 Å². The molecule has 0 aromatic heterocycles. The first-order valence-electron chi connectivity index (χ1n) is 4.80. The molecule has 0 aliphatic heterocycles. The van der Waals surface area contributed by atoms with E-state index in [-0.39, 0.29) is 11.4 Å². The van der Waals surface area contributed by atoms with Gasteiger partial charge in [-0.05, 0) is 48.8 Å². The summed E-state index contributed by atoms with van der Waals surface area (Å²) in [5, 5.41) is 11.7. The summed E-state index contributed by atoms with van der Waals surface area (Å²) in [6.07, 6.45) is 0. The van der Waals surface area contributed by atoms with Crippen LogP contribution in [-0.4, -0.2) is 16.6 Å². The molecule has 1 rings (SSSR count). The van der Waals surface area contributed by atoms with Crippen molar-refractivity contribution in [2.75, 3.05) is 0 Å². The van der Waals surface area contributed by atoms with Gasteiger partial charge in [0.1, 0.15) is 11.4 Å². The lowest BCUT2D eigenvalue weighted by Gasteiger charge is -2.23. The highest BCUT2D eigenvalue weighted by molar-refractivity contribution is 9.10. The number of rotatable bonds is 2. The van der Waals surface area contributed by atoms with Gasteiger partial charge in [0.2, 0.25) is 0 Å². The first kappa shape index (κ1) is 12.8. The molecule has 0 unspecified atom stereocenters. The maximum absolute atomic E-state index is 8.72. The van der Waals surface area contributed by atoms with Crippen LogP contribution in [0.3, 0.4) is 0 Å².